The van der Waals surface area contributed by atoms with E-state index in [1.165, 1.54) is 0 Å². The number of nitrogens with zero attached hydrogens (tertiary/aromatic N) is 1. The van der Waals surface area contributed by atoms with Crippen LogP contribution < -0.4 is 4.74 Å². The summed E-state index contributed by atoms with van der Waals surface area (Å²) in [6.07, 6.45) is 0.680. The molecule has 3 heteroatoms. The number of aliphatic hydroxyl groups excluding tert-OH is 1. The second kappa shape index (κ2) is 6.74. The molecule has 3 nitrogen and oxygen atoms in total. The highest BCUT2D eigenvalue weighted by molar-refractivity contribution is 5.35. The molecule has 0 fully saturated rings. The average Bonchev–Trinajstić information content (AvgIpc) is 2.49. The molecule has 0 amide bonds. The Kier molecular flexibility index (Phi) is 4.75. The minimum atomic E-state index is -0.422. The first kappa shape index (κ1) is 14.1. The first-order chi connectivity index (χ1) is 9.72. The Bertz CT molecular complexity index is 582. The number of hydrogen-bond donors (Lipinski definition) is 1. The van der Waals surface area contributed by atoms with Crippen molar-refractivity contribution in [3.05, 3.63) is 59.7 Å². The fourth-order valence-electron chi connectivity index (χ4n) is 1.90. The van der Waals surface area contributed by atoms with E-state index in [2.05, 4.69) is 6.07 Å². The second-order valence-corrected chi connectivity index (χ2v) is 4.57. The molecule has 0 aliphatic carbocycles. The second-order valence-electron chi connectivity index (χ2n) is 4.57. The molecule has 2 aromatic rings. The zero-order valence-electron chi connectivity index (χ0n) is 11.4. The van der Waals surface area contributed by atoms with Crippen molar-refractivity contribution in [2.24, 2.45) is 0 Å². The van der Waals surface area contributed by atoms with E-state index < -0.39 is 6.10 Å². The molecule has 0 bridgehead atoms. The van der Waals surface area contributed by atoms with Crippen LogP contribution in [0, 0.1) is 11.3 Å². The molecule has 0 saturated carbocycles. The summed E-state index contributed by atoms with van der Waals surface area (Å²) in [7, 11) is 0. The summed E-state index contributed by atoms with van der Waals surface area (Å²) >= 11 is 0. The molecule has 0 aliphatic rings. The summed E-state index contributed by atoms with van der Waals surface area (Å²) in [5.41, 5.74) is 1.87. The molecule has 102 valence electrons. The summed E-state index contributed by atoms with van der Waals surface area (Å²) < 4.78 is 5.72. The lowest BCUT2D eigenvalue weighted by Crippen LogP contribution is -1.94. The fraction of sp³-hybridized carbons (Fsp3) is 0.235. The number of ether oxygens (including phenoxy) is 1. The third-order valence-corrected chi connectivity index (χ3v) is 3.09. The van der Waals surface area contributed by atoms with E-state index in [4.69, 9.17) is 10.00 Å². The van der Waals surface area contributed by atoms with Crippen molar-refractivity contribution in [3.63, 3.8) is 0 Å². The molecular weight excluding hydrogens is 250 g/mol. The molecule has 0 aromatic heterocycles. The number of hydrogen-bond acceptors (Lipinski definition) is 3. The van der Waals surface area contributed by atoms with Crippen LogP contribution in [0.4, 0.5) is 0 Å². The van der Waals surface area contributed by atoms with Gasteiger partial charge in [0.25, 0.3) is 0 Å². The maximum atomic E-state index is 9.72. The molecule has 1 unspecified atom stereocenters. The van der Waals surface area contributed by atoms with E-state index in [0.29, 0.717) is 12.8 Å². The summed E-state index contributed by atoms with van der Waals surface area (Å²) in [6.45, 7) is 1.94. The SMILES string of the molecule is CCC(O)c1ccc(Oc2ccc(CC#N)cc2)cc1. The standard InChI is InChI=1S/C17H17NO2/c1-2-17(19)14-5-9-16(10-6-14)20-15-7-3-13(4-8-15)11-12-18/h3-10,17,19H,2,11H2,1H3. The van der Waals surface area contributed by atoms with Gasteiger partial charge in [-0.25, -0.2) is 0 Å². The molecule has 20 heavy (non-hydrogen) atoms. The fourth-order valence-corrected chi connectivity index (χ4v) is 1.90. The van der Waals surface area contributed by atoms with Crippen molar-refractivity contribution in [1.82, 2.24) is 0 Å². The quantitative estimate of drug-likeness (QED) is 0.891. The van der Waals surface area contributed by atoms with Gasteiger partial charge in [0.1, 0.15) is 11.5 Å². The highest BCUT2D eigenvalue weighted by atomic mass is 16.5. The summed E-state index contributed by atoms with van der Waals surface area (Å²) in [6, 6.07) is 17.0. The molecular formula is C17H17NO2. The molecule has 0 saturated heterocycles. The van der Waals surface area contributed by atoms with Gasteiger partial charge in [0, 0.05) is 0 Å². The first-order valence-corrected chi connectivity index (χ1v) is 6.64. The van der Waals surface area contributed by atoms with Gasteiger partial charge in [0.15, 0.2) is 0 Å². The predicted octanol–water partition coefficient (Wildman–Crippen LogP) is 3.99. The first-order valence-electron chi connectivity index (χ1n) is 6.64. The van der Waals surface area contributed by atoms with Gasteiger partial charge in [-0.05, 0) is 41.8 Å². The van der Waals surface area contributed by atoms with Crippen LogP contribution in [0.1, 0.15) is 30.6 Å². The molecule has 0 spiro atoms. The van der Waals surface area contributed by atoms with E-state index in [-0.39, 0.29) is 0 Å². The van der Waals surface area contributed by atoms with Crippen molar-refractivity contribution in [1.29, 1.82) is 5.26 Å². The smallest absolute Gasteiger partial charge is 0.127 e. The molecule has 0 heterocycles. The largest absolute Gasteiger partial charge is 0.457 e. The maximum absolute atomic E-state index is 9.72. The molecule has 0 radical (unpaired) electrons. The van der Waals surface area contributed by atoms with Crippen LogP contribution in [0.5, 0.6) is 11.5 Å². The van der Waals surface area contributed by atoms with Crippen LogP contribution in [-0.4, -0.2) is 5.11 Å². The van der Waals surface area contributed by atoms with Crippen LogP contribution in [0.2, 0.25) is 0 Å². The highest BCUT2D eigenvalue weighted by Gasteiger charge is 2.04. The topological polar surface area (TPSA) is 53.2 Å². The normalized spacial score (nSPS) is 11.7. The lowest BCUT2D eigenvalue weighted by atomic mass is 10.1. The predicted molar refractivity (Wildman–Crippen MR) is 77.5 cm³/mol. The Morgan fingerprint density at radius 3 is 2.10 bits per heavy atom. The monoisotopic (exact) mass is 267 g/mol. The van der Waals surface area contributed by atoms with Gasteiger partial charge in [0.05, 0.1) is 18.6 Å². The van der Waals surface area contributed by atoms with E-state index >= 15 is 0 Å². The third-order valence-electron chi connectivity index (χ3n) is 3.09. The zero-order valence-corrected chi connectivity index (χ0v) is 11.4. The van der Waals surface area contributed by atoms with Crippen molar-refractivity contribution >= 4 is 0 Å². The van der Waals surface area contributed by atoms with Crippen molar-refractivity contribution in [2.75, 3.05) is 0 Å². The third kappa shape index (κ3) is 3.59. The summed E-state index contributed by atoms with van der Waals surface area (Å²) in [4.78, 5) is 0. The van der Waals surface area contributed by atoms with Gasteiger partial charge in [-0.2, -0.15) is 5.26 Å². The molecule has 0 aliphatic heterocycles. The number of benzene rings is 2. The Balaban J connectivity index is 2.04. The molecule has 2 rings (SSSR count). The number of rotatable bonds is 5. The lowest BCUT2D eigenvalue weighted by molar-refractivity contribution is 0.173. The van der Waals surface area contributed by atoms with Gasteiger partial charge in [-0.3, -0.25) is 0 Å². The van der Waals surface area contributed by atoms with Crippen LogP contribution in [0.3, 0.4) is 0 Å². The molecule has 1 N–H and O–H groups in total. The Morgan fingerprint density at radius 1 is 1.05 bits per heavy atom. The van der Waals surface area contributed by atoms with Crippen LogP contribution in [0.15, 0.2) is 48.5 Å². The molecule has 2 aromatic carbocycles. The van der Waals surface area contributed by atoms with E-state index in [0.717, 1.165) is 22.6 Å². The van der Waals surface area contributed by atoms with Gasteiger partial charge in [0.2, 0.25) is 0 Å². The Hall–Kier alpha value is -2.31. The minimum absolute atomic E-state index is 0.407. The molecule has 1 atom stereocenters. The van der Waals surface area contributed by atoms with Crippen molar-refractivity contribution in [3.8, 4) is 17.6 Å². The summed E-state index contributed by atoms with van der Waals surface area (Å²) in [5, 5.41) is 18.3. The van der Waals surface area contributed by atoms with E-state index in [1.807, 2.05) is 55.5 Å². The maximum Gasteiger partial charge on any atom is 0.127 e. The van der Waals surface area contributed by atoms with Crippen LogP contribution in [-0.2, 0) is 6.42 Å². The van der Waals surface area contributed by atoms with Gasteiger partial charge in [-0.15, -0.1) is 0 Å². The number of aliphatic hydroxyl groups is 1. The minimum Gasteiger partial charge on any atom is -0.457 e. The number of nitriles is 1. The lowest BCUT2D eigenvalue weighted by Gasteiger charge is -2.10. The van der Waals surface area contributed by atoms with Crippen molar-refractivity contribution < 1.29 is 9.84 Å². The van der Waals surface area contributed by atoms with Crippen LogP contribution in [0.25, 0.3) is 0 Å². The van der Waals surface area contributed by atoms with Gasteiger partial charge < -0.3 is 9.84 Å². The van der Waals surface area contributed by atoms with Crippen LogP contribution >= 0.6 is 0 Å². The van der Waals surface area contributed by atoms with E-state index in [9.17, 15) is 5.11 Å². The average molecular weight is 267 g/mol. The zero-order chi connectivity index (χ0) is 14.4. The Morgan fingerprint density at radius 2 is 1.60 bits per heavy atom. The van der Waals surface area contributed by atoms with E-state index in [1.54, 1.807) is 0 Å². The summed E-state index contributed by atoms with van der Waals surface area (Å²) in [5.74, 6) is 1.46. The van der Waals surface area contributed by atoms with Gasteiger partial charge >= 0.3 is 0 Å². The van der Waals surface area contributed by atoms with Gasteiger partial charge in [-0.1, -0.05) is 31.2 Å². The Labute approximate surface area is 119 Å². The highest BCUT2D eigenvalue weighted by Crippen LogP contribution is 2.24. The van der Waals surface area contributed by atoms with Crippen molar-refractivity contribution in [2.45, 2.75) is 25.9 Å².